The van der Waals surface area contributed by atoms with Crippen molar-refractivity contribution in [1.29, 1.82) is 0 Å². The largest absolute Gasteiger partial charge is 0.493 e. The van der Waals surface area contributed by atoms with Crippen molar-refractivity contribution in [2.75, 3.05) is 7.11 Å². The average molecular weight is 362 g/mol. The zero-order valence-electron chi connectivity index (χ0n) is 12.8. The second-order valence-corrected chi connectivity index (χ2v) is 6.09. The first-order chi connectivity index (χ1) is 11.1. The summed E-state index contributed by atoms with van der Waals surface area (Å²) in [5.41, 5.74) is -1.32. The lowest BCUT2D eigenvalue weighted by molar-refractivity contribution is -0.137. The zero-order valence-corrected chi connectivity index (χ0v) is 13.7. The van der Waals surface area contributed by atoms with Crippen LogP contribution in [0.2, 0.25) is 0 Å². The second kappa shape index (κ2) is 6.36. The molecule has 0 aliphatic heterocycles. The smallest absolute Gasteiger partial charge is 0.416 e. The van der Waals surface area contributed by atoms with Crippen LogP contribution in [0.3, 0.4) is 0 Å². The molecule has 1 aromatic heterocycles. The fourth-order valence-corrected chi connectivity index (χ4v) is 2.90. The lowest BCUT2D eigenvalue weighted by Crippen LogP contribution is -2.12. The predicted molar refractivity (Wildman–Crippen MR) is 77.9 cm³/mol. The van der Waals surface area contributed by atoms with E-state index in [1.54, 1.807) is 0 Å². The minimum atomic E-state index is -4.67. The Balaban J connectivity index is 2.65. The lowest BCUT2D eigenvalue weighted by atomic mass is 10.0. The fraction of sp³-hybridized carbons (Fsp3) is 0.286. The summed E-state index contributed by atoms with van der Waals surface area (Å²) < 4.78 is 56.1. The van der Waals surface area contributed by atoms with Crippen LogP contribution in [0, 0.1) is 6.92 Å². The first-order valence-electron chi connectivity index (χ1n) is 6.52. The molecule has 1 heterocycles. The van der Waals surface area contributed by atoms with Crippen LogP contribution in [0.1, 0.15) is 27.2 Å². The van der Waals surface area contributed by atoms with Crippen molar-refractivity contribution in [3.05, 3.63) is 40.6 Å². The van der Waals surface area contributed by atoms with Gasteiger partial charge in [0.1, 0.15) is 5.56 Å². The van der Waals surface area contributed by atoms with Crippen LogP contribution in [0.15, 0.2) is 23.1 Å². The molecule has 0 saturated heterocycles. The van der Waals surface area contributed by atoms with Crippen molar-refractivity contribution in [2.45, 2.75) is 18.0 Å². The predicted octanol–water partition coefficient (Wildman–Crippen LogP) is 2.35. The molecule has 0 saturated carbocycles. The van der Waals surface area contributed by atoms with E-state index in [-0.39, 0.29) is 16.8 Å². The highest BCUT2D eigenvalue weighted by atomic mass is 32.2. The van der Waals surface area contributed by atoms with Crippen molar-refractivity contribution in [2.24, 2.45) is 7.05 Å². The SMILES string of the molecule is COS(=O)c1cc(C(F)(F)F)ccc1C(=O)c1c(C)nn(C)c1O. The number of carbonyl (C=O) groups excluding carboxylic acids is 1. The van der Waals surface area contributed by atoms with E-state index in [0.717, 1.165) is 17.9 Å². The second-order valence-electron chi connectivity index (χ2n) is 4.85. The van der Waals surface area contributed by atoms with Gasteiger partial charge < -0.3 is 5.11 Å². The molecular formula is C14H13F3N2O4S. The van der Waals surface area contributed by atoms with Gasteiger partial charge in [0.15, 0.2) is 11.1 Å². The van der Waals surface area contributed by atoms with Crippen LogP contribution in [-0.2, 0) is 28.5 Å². The number of hydrogen-bond donors (Lipinski definition) is 1. The van der Waals surface area contributed by atoms with Gasteiger partial charge in [0.25, 0.3) is 0 Å². The van der Waals surface area contributed by atoms with Gasteiger partial charge in [-0.2, -0.15) is 18.3 Å². The van der Waals surface area contributed by atoms with Crippen molar-refractivity contribution in [3.63, 3.8) is 0 Å². The number of aromatic hydroxyl groups is 1. The molecule has 0 radical (unpaired) electrons. The third-order valence-corrected chi connectivity index (χ3v) is 4.30. The molecule has 0 aliphatic carbocycles. The average Bonchev–Trinajstić information content (AvgIpc) is 2.77. The van der Waals surface area contributed by atoms with Crippen molar-refractivity contribution < 1.29 is 31.5 Å². The lowest BCUT2D eigenvalue weighted by Gasteiger charge is -2.12. The molecule has 24 heavy (non-hydrogen) atoms. The van der Waals surface area contributed by atoms with Crippen LogP contribution in [0.25, 0.3) is 0 Å². The Bertz CT molecular complexity index is 830. The third-order valence-electron chi connectivity index (χ3n) is 3.30. The van der Waals surface area contributed by atoms with Gasteiger partial charge in [-0.1, -0.05) is 0 Å². The van der Waals surface area contributed by atoms with E-state index >= 15 is 0 Å². The number of benzene rings is 1. The number of nitrogens with zero attached hydrogens (tertiary/aromatic N) is 2. The van der Waals surface area contributed by atoms with Gasteiger partial charge in [-0.3, -0.25) is 8.98 Å². The molecule has 6 nitrogen and oxygen atoms in total. The van der Waals surface area contributed by atoms with Gasteiger partial charge in [0.05, 0.1) is 23.3 Å². The molecule has 0 fully saturated rings. The molecule has 1 unspecified atom stereocenters. The molecule has 0 spiro atoms. The Morgan fingerprint density at radius 3 is 2.46 bits per heavy atom. The molecule has 0 amide bonds. The zero-order chi connectivity index (χ0) is 18.2. The van der Waals surface area contributed by atoms with Crippen molar-refractivity contribution in [3.8, 4) is 5.88 Å². The Hall–Kier alpha value is -2.20. The summed E-state index contributed by atoms with van der Waals surface area (Å²) in [6.07, 6.45) is -4.67. The monoisotopic (exact) mass is 362 g/mol. The first kappa shape index (κ1) is 18.1. The third kappa shape index (κ3) is 3.20. The number of aromatic nitrogens is 2. The van der Waals surface area contributed by atoms with Gasteiger partial charge in [0.2, 0.25) is 11.7 Å². The molecule has 2 aromatic rings. The first-order valence-corrected chi connectivity index (χ1v) is 7.60. The molecule has 0 bridgehead atoms. The maximum atomic E-state index is 12.8. The maximum absolute atomic E-state index is 12.8. The highest BCUT2D eigenvalue weighted by Crippen LogP contribution is 2.33. The van der Waals surface area contributed by atoms with Crippen LogP contribution >= 0.6 is 0 Å². The normalized spacial score (nSPS) is 13.1. The summed E-state index contributed by atoms with van der Waals surface area (Å²) in [5, 5.41) is 13.8. The summed E-state index contributed by atoms with van der Waals surface area (Å²) in [4.78, 5) is 12.2. The minimum Gasteiger partial charge on any atom is -0.493 e. The number of alkyl halides is 3. The highest BCUT2D eigenvalue weighted by Gasteiger charge is 2.33. The van der Waals surface area contributed by atoms with E-state index in [4.69, 9.17) is 0 Å². The van der Waals surface area contributed by atoms with Crippen LogP contribution < -0.4 is 0 Å². The van der Waals surface area contributed by atoms with Crippen molar-refractivity contribution >= 4 is 16.9 Å². The Kier molecular flexibility index (Phi) is 4.81. The van der Waals surface area contributed by atoms with Gasteiger partial charge in [-0.25, -0.2) is 8.89 Å². The molecule has 2 rings (SSSR count). The number of carbonyl (C=O) groups is 1. The summed E-state index contributed by atoms with van der Waals surface area (Å²) in [7, 11) is 2.44. The van der Waals surface area contributed by atoms with Crippen molar-refractivity contribution in [1.82, 2.24) is 9.78 Å². The fourth-order valence-electron chi connectivity index (χ4n) is 2.16. The molecule has 10 heteroatoms. The quantitative estimate of drug-likeness (QED) is 0.845. The molecule has 1 atom stereocenters. The maximum Gasteiger partial charge on any atom is 0.416 e. The van der Waals surface area contributed by atoms with E-state index < -0.39 is 39.4 Å². The Labute approximate surface area is 137 Å². The standard InChI is InChI=1S/C14H13F3N2O4S/c1-7-11(13(21)19(2)18-7)12(20)9-5-4-8(14(15,16)17)6-10(9)24(22)23-3/h4-6,21H,1-3H3. The summed E-state index contributed by atoms with van der Waals surface area (Å²) in [5.74, 6) is -1.24. The van der Waals surface area contributed by atoms with Gasteiger partial charge in [-0.15, -0.1) is 0 Å². The van der Waals surface area contributed by atoms with E-state index in [1.165, 1.54) is 14.0 Å². The Morgan fingerprint density at radius 2 is 2.00 bits per heavy atom. The van der Waals surface area contributed by atoms with Gasteiger partial charge in [-0.05, 0) is 25.1 Å². The topological polar surface area (TPSA) is 81.4 Å². The number of rotatable bonds is 4. The number of hydrogen-bond acceptors (Lipinski definition) is 5. The summed E-state index contributed by atoms with van der Waals surface area (Å²) in [6.45, 7) is 1.46. The minimum absolute atomic E-state index is 0.174. The molecular weight excluding hydrogens is 349 g/mol. The van der Waals surface area contributed by atoms with Gasteiger partial charge in [0, 0.05) is 12.6 Å². The number of halogens is 3. The van der Waals surface area contributed by atoms with Crippen LogP contribution in [-0.4, -0.2) is 32.0 Å². The molecule has 1 aromatic carbocycles. The van der Waals surface area contributed by atoms with Gasteiger partial charge >= 0.3 is 6.18 Å². The van der Waals surface area contributed by atoms with Crippen LogP contribution in [0.5, 0.6) is 5.88 Å². The molecule has 130 valence electrons. The van der Waals surface area contributed by atoms with E-state index in [1.807, 2.05) is 0 Å². The summed E-state index contributed by atoms with van der Waals surface area (Å²) >= 11 is -2.28. The van der Waals surface area contributed by atoms with E-state index in [0.29, 0.717) is 12.1 Å². The van der Waals surface area contributed by atoms with E-state index in [9.17, 15) is 27.3 Å². The number of ketones is 1. The van der Waals surface area contributed by atoms with E-state index in [2.05, 4.69) is 9.28 Å². The molecule has 1 N–H and O–H groups in total. The molecule has 0 aliphatic rings. The summed E-state index contributed by atoms with van der Waals surface area (Å²) in [6, 6.07) is 2.20. The number of aryl methyl sites for hydroxylation is 2. The highest BCUT2D eigenvalue weighted by molar-refractivity contribution is 7.80. The Morgan fingerprint density at radius 1 is 1.38 bits per heavy atom. The van der Waals surface area contributed by atoms with Crippen LogP contribution in [0.4, 0.5) is 13.2 Å².